The topological polar surface area (TPSA) is 48.0 Å². The minimum absolute atomic E-state index is 0.0406. The van der Waals surface area contributed by atoms with Crippen molar-refractivity contribution in [1.82, 2.24) is 0 Å². The zero-order valence-electron chi connectivity index (χ0n) is 17.4. The van der Waals surface area contributed by atoms with E-state index in [9.17, 15) is 4.79 Å². The molecule has 0 N–H and O–H groups in total. The third-order valence-corrected chi connectivity index (χ3v) is 5.24. The highest BCUT2D eigenvalue weighted by Crippen LogP contribution is 2.38. The van der Waals surface area contributed by atoms with Crippen LogP contribution in [0.15, 0.2) is 42.5 Å². The van der Waals surface area contributed by atoms with Crippen LogP contribution >= 0.6 is 0 Å². The number of rotatable bonds is 7. The number of anilines is 1. The van der Waals surface area contributed by atoms with Gasteiger partial charge in [-0.15, -0.1) is 0 Å². The molecule has 0 amide bonds. The zero-order chi connectivity index (χ0) is 20.6. The number of carbonyl (C=O) groups excluding carboxylic acids is 1. The van der Waals surface area contributed by atoms with Gasteiger partial charge in [0, 0.05) is 24.3 Å². The summed E-state index contributed by atoms with van der Waals surface area (Å²) in [5.41, 5.74) is 2.67. The van der Waals surface area contributed by atoms with Crippen LogP contribution in [0.25, 0.3) is 6.08 Å². The number of benzene rings is 2. The van der Waals surface area contributed by atoms with Crippen molar-refractivity contribution in [2.45, 2.75) is 25.7 Å². The highest BCUT2D eigenvalue weighted by atomic mass is 16.5. The molecule has 2 aromatic carbocycles. The molecule has 3 rings (SSSR count). The summed E-state index contributed by atoms with van der Waals surface area (Å²) in [5, 5.41) is 0. The van der Waals surface area contributed by atoms with Crippen molar-refractivity contribution >= 4 is 17.5 Å². The minimum Gasteiger partial charge on any atom is -0.493 e. The molecule has 0 atom stereocenters. The van der Waals surface area contributed by atoms with Crippen LogP contribution in [-0.2, 0) is 0 Å². The van der Waals surface area contributed by atoms with Crippen molar-refractivity contribution < 1.29 is 19.0 Å². The van der Waals surface area contributed by atoms with Crippen molar-refractivity contribution in [3.63, 3.8) is 0 Å². The van der Waals surface area contributed by atoms with Crippen LogP contribution in [0.3, 0.4) is 0 Å². The first kappa shape index (κ1) is 20.8. The maximum absolute atomic E-state index is 12.6. The molecule has 1 aliphatic rings. The molecule has 0 bridgehead atoms. The van der Waals surface area contributed by atoms with E-state index in [1.54, 1.807) is 33.5 Å². The van der Waals surface area contributed by atoms with E-state index in [4.69, 9.17) is 14.2 Å². The highest BCUT2D eigenvalue weighted by Gasteiger charge is 2.13. The second-order valence-electron chi connectivity index (χ2n) is 7.10. The summed E-state index contributed by atoms with van der Waals surface area (Å²) in [6, 6.07) is 11.5. The highest BCUT2D eigenvalue weighted by molar-refractivity contribution is 6.07. The quantitative estimate of drug-likeness (QED) is 0.488. The molecule has 0 saturated carbocycles. The van der Waals surface area contributed by atoms with E-state index in [1.807, 2.05) is 36.4 Å². The van der Waals surface area contributed by atoms with Crippen molar-refractivity contribution in [2.75, 3.05) is 39.3 Å². The van der Waals surface area contributed by atoms with Crippen LogP contribution in [0, 0.1) is 0 Å². The van der Waals surface area contributed by atoms with Gasteiger partial charge in [-0.1, -0.05) is 18.9 Å². The Kier molecular flexibility index (Phi) is 7.17. The summed E-state index contributed by atoms with van der Waals surface area (Å²) in [6.45, 7) is 2.18. The molecule has 1 heterocycles. The van der Waals surface area contributed by atoms with E-state index in [0.29, 0.717) is 22.8 Å². The van der Waals surface area contributed by atoms with Gasteiger partial charge in [-0.05, 0) is 60.9 Å². The van der Waals surface area contributed by atoms with Crippen molar-refractivity contribution in [1.29, 1.82) is 0 Å². The van der Waals surface area contributed by atoms with Crippen molar-refractivity contribution in [3.05, 3.63) is 53.6 Å². The summed E-state index contributed by atoms with van der Waals surface area (Å²) in [7, 11) is 4.71. The van der Waals surface area contributed by atoms with Gasteiger partial charge in [0.2, 0.25) is 5.75 Å². The Labute approximate surface area is 172 Å². The molecule has 0 unspecified atom stereocenters. The van der Waals surface area contributed by atoms with Crippen LogP contribution in [0.5, 0.6) is 17.2 Å². The molecule has 5 heteroatoms. The monoisotopic (exact) mass is 395 g/mol. The van der Waals surface area contributed by atoms with Crippen LogP contribution < -0.4 is 19.1 Å². The van der Waals surface area contributed by atoms with E-state index in [0.717, 1.165) is 18.7 Å². The minimum atomic E-state index is -0.0406. The lowest BCUT2D eigenvalue weighted by molar-refractivity contribution is 0.104. The van der Waals surface area contributed by atoms with Gasteiger partial charge in [-0.25, -0.2) is 0 Å². The van der Waals surface area contributed by atoms with Gasteiger partial charge >= 0.3 is 0 Å². The van der Waals surface area contributed by atoms with Crippen LogP contribution in [0.1, 0.15) is 41.6 Å². The standard InChI is InChI=1S/C24H29NO4/c1-27-22-16-18(17-23(28-2)24(22)29-3)8-13-21(26)19-9-11-20(12-10-19)25-14-6-4-5-7-15-25/h8-13,16-17H,4-7,14-15H2,1-3H3/b13-8+. The third kappa shape index (κ3) is 5.11. The third-order valence-electron chi connectivity index (χ3n) is 5.24. The number of carbonyl (C=O) groups is 1. The molecule has 0 aromatic heterocycles. The van der Waals surface area contributed by atoms with E-state index >= 15 is 0 Å². The Hall–Kier alpha value is -2.95. The van der Waals surface area contributed by atoms with Crippen molar-refractivity contribution in [2.24, 2.45) is 0 Å². The number of methoxy groups -OCH3 is 3. The fraction of sp³-hybridized carbons (Fsp3) is 0.375. The smallest absolute Gasteiger partial charge is 0.203 e. The van der Waals surface area contributed by atoms with Gasteiger partial charge in [0.1, 0.15) is 0 Å². The summed E-state index contributed by atoms with van der Waals surface area (Å²) in [6.07, 6.45) is 8.41. The molecule has 5 nitrogen and oxygen atoms in total. The molecule has 0 aliphatic carbocycles. The summed E-state index contributed by atoms with van der Waals surface area (Å²) < 4.78 is 16.1. The van der Waals surface area contributed by atoms with Gasteiger partial charge in [0.05, 0.1) is 21.3 Å². The predicted octanol–water partition coefficient (Wildman–Crippen LogP) is 4.99. The molecular weight excluding hydrogens is 366 g/mol. The summed E-state index contributed by atoms with van der Waals surface area (Å²) >= 11 is 0. The molecule has 154 valence electrons. The first-order valence-electron chi connectivity index (χ1n) is 10.0. The number of allylic oxidation sites excluding steroid dienone is 1. The average molecular weight is 395 g/mol. The summed E-state index contributed by atoms with van der Waals surface area (Å²) in [4.78, 5) is 15.0. The molecule has 0 radical (unpaired) electrons. The molecular formula is C24H29NO4. The Morgan fingerprint density at radius 3 is 1.97 bits per heavy atom. The number of hydrogen-bond acceptors (Lipinski definition) is 5. The molecule has 29 heavy (non-hydrogen) atoms. The van der Waals surface area contributed by atoms with E-state index < -0.39 is 0 Å². The number of nitrogens with zero attached hydrogens (tertiary/aromatic N) is 1. The molecule has 2 aromatic rings. The Morgan fingerprint density at radius 2 is 1.45 bits per heavy atom. The zero-order valence-corrected chi connectivity index (χ0v) is 17.4. The van der Waals surface area contributed by atoms with Crippen LogP contribution in [-0.4, -0.2) is 40.2 Å². The van der Waals surface area contributed by atoms with Crippen LogP contribution in [0.2, 0.25) is 0 Å². The van der Waals surface area contributed by atoms with Gasteiger partial charge in [0.25, 0.3) is 0 Å². The van der Waals surface area contributed by atoms with Gasteiger partial charge in [0.15, 0.2) is 17.3 Å². The Morgan fingerprint density at radius 1 is 0.862 bits per heavy atom. The lowest BCUT2D eigenvalue weighted by atomic mass is 10.1. The van der Waals surface area contributed by atoms with E-state index in [-0.39, 0.29) is 5.78 Å². The van der Waals surface area contributed by atoms with Gasteiger partial charge < -0.3 is 19.1 Å². The second kappa shape index (κ2) is 10.0. The number of ether oxygens (including phenoxy) is 3. The lowest BCUT2D eigenvalue weighted by Gasteiger charge is -2.22. The number of hydrogen-bond donors (Lipinski definition) is 0. The largest absolute Gasteiger partial charge is 0.493 e. The first-order chi connectivity index (χ1) is 14.2. The maximum Gasteiger partial charge on any atom is 0.203 e. The fourth-order valence-corrected chi connectivity index (χ4v) is 3.63. The normalized spacial score (nSPS) is 14.5. The fourth-order valence-electron chi connectivity index (χ4n) is 3.63. The first-order valence-corrected chi connectivity index (χ1v) is 10.0. The lowest BCUT2D eigenvalue weighted by Crippen LogP contribution is -2.23. The molecule has 1 fully saturated rings. The average Bonchev–Trinajstić information content (AvgIpc) is 3.06. The Balaban J connectivity index is 1.73. The summed E-state index contributed by atoms with van der Waals surface area (Å²) in [5.74, 6) is 1.60. The van der Waals surface area contributed by atoms with Crippen LogP contribution in [0.4, 0.5) is 5.69 Å². The molecule has 0 spiro atoms. The van der Waals surface area contributed by atoms with E-state index in [2.05, 4.69) is 4.90 Å². The Bertz CT molecular complexity index is 825. The molecule has 1 saturated heterocycles. The SMILES string of the molecule is COc1cc(/C=C/C(=O)c2ccc(N3CCCCCC3)cc2)cc(OC)c1OC. The molecule has 1 aliphatic heterocycles. The van der Waals surface area contributed by atoms with Crippen molar-refractivity contribution in [3.8, 4) is 17.2 Å². The second-order valence-corrected chi connectivity index (χ2v) is 7.10. The maximum atomic E-state index is 12.6. The van der Waals surface area contributed by atoms with Gasteiger partial charge in [-0.2, -0.15) is 0 Å². The predicted molar refractivity (Wildman–Crippen MR) is 117 cm³/mol. The van der Waals surface area contributed by atoms with Gasteiger partial charge in [-0.3, -0.25) is 4.79 Å². The number of ketones is 1. The van der Waals surface area contributed by atoms with E-state index in [1.165, 1.54) is 31.4 Å².